The van der Waals surface area contributed by atoms with Crippen LogP contribution in [0.4, 0.5) is 11.6 Å². The Bertz CT molecular complexity index is 1270. The Morgan fingerprint density at radius 2 is 1.91 bits per heavy atom. The third-order valence-corrected chi connectivity index (χ3v) is 5.65. The molecule has 0 aliphatic carbocycles. The van der Waals surface area contributed by atoms with Gasteiger partial charge >= 0.3 is 11.7 Å². The fraction of sp³-hybridized carbons (Fsp3) is 0.455. The SMILES string of the molecule is CCOC(=O)c1ccc(N2C[C@H](C)Cn3c2nc2c3c(=O)n(CCOC)c(=O)n2C)cc1. The molecular formula is C22H27N5O5. The van der Waals surface area contributed by atoms with Gasteiger partial charge in [-0.2, -0.15) is 4.98 Å². The van der Waals surface area contributed by atoms with Crippen LogP contribution in [0.5, 0.6) is 0 Å². The molecule has 0 fully saturated rings. The van der Waals surface area contributed by atoms with Gasteiger partial charge in [-0.1, -0.05) is 6.92 Å². The molecule has 10 heteroatoms. The number of hydrogen-bond donors (Lipinski definition) is 0. The van der Waals surface area contributed by atoms with Crippen molar-refractivity contribution >= 4 is 28.8 Å². The average Bonchev–Trinajstić information content (AvgIpc) is 3.17. The van der Waals surface area contributed by atoms with Gasteiger partial charge in [-0.15, -0.1) is 0 Å². The van der Waals surface area contributed by atoms with Crippen molar-refractivity contribution in [2.24, 2.45) is 13.0 Å². The minimum absolute atomic E-state index is 0.174. The highest BCUT2D eigenvalue weighted by molar-refractivity contribution is 5.90. The Kier molecular flexibility index (Phi) is 5.88. The number of ether oxygens (including phenoxy) is 2. The van der Waals surface area contributed by atoms with Crippen molar-refractivity contribution in [3.63, 3.8) is 0 Å². The largest absolute Gasteiger partial charge is 0.462 e. The molecular weight excluding hydrogens is 414 g/mol. The monoisotopic (exact) mass is 441 g/mol. The zero-order valence-corrected chi connectivity index (χ0v) is 18.7. The zero-order chi connectivity index (χ0) is 23.0. The second-order valence-corrected chi connectivity index (χ2v) is 7.97. The van der Waals surface area contributed by atoms with Crippen LogP contribution in [0.15, 0.2) is 33.9 Å². The molecule has 4 rings (SSSR count). The molecule has 2 aromatic heterocycles. The normalized spacial score (nSPS) is 15.8. The van der Waals surface area contributed by atoms with Gasteiger partial charge in [0.25, 0.3) is 5.56 Å². The molecule has 3 heterocycles. The van der Waals surface area contributed by atoms with Crippen LogP contribution in [0.2, 0.25) is 0 Å². The maximum Gasteiger partial charge on any atom is 0.338 e. The fourth-order valence-corrected chi connectivity index (χ4v) is 4.09. The molecule has 3 aromatic rings. The number of benzene rings is 1. The summed E-state index contributed by atoms with van der Waals surface area (Å²) in [6.45, 7) is 5.91. The minimum Gasteiger partial charge on any atom is -0.462 e. The molecule has 0 spiro atoms. The first kappa shape index (κ1) is 21.8. The third kappa shape index (κ3) is 3.60. The van der Waals surface area contributed by atoms with E-state index in [9.17, 15) is 14.4 Å². The summed E-state index contributed by atoms with van der Waals surface area (Å²) in [4.78, 5) is 44.7. The first-order valence-electron chi connectivity index (χ1n) is 10.6. The Balaban J connectivity index is 1.84. The van der Waals surface area contributed by atoms with Gasteiger partial charge in [-0.25, -0.2) is 9.59 Å². The van der Waals surface area contributed by atoms with E-state index in [1.165, 1.54) is 16.2 Å². The number of methoxy groups -OCH3 is 1. The molecule has 1 aliphatic rings. The Morgan fingerprint density at radius 3 is 2.56 bits per heavy atom. The molecule has 0 saturated carbocycles. The summed E-state index contributed by atoms with van der Waals surface area (Å²) in [6, 6.07) is 7.11. The number of anilines is 2. The van der Waals surface area contributed by atoms with Gasteiger partial charge < -0.3 is 18.9 Å². The maximum atomic E-state index is 13.2. The lowest BCUT2D eigenvalue weighted by Gasteiger charge is -2.33. The van der Waals surface area contributed by atoms with Gasteiger partial charge in [0.1, 0.15) is 0 Å². The summed E-state index contributed by atoms with van der Waals surface area (Å²) in [6.07, 6.45) is 0. The summed E-state index contributed by atoms with van der Waals surface area (Å²) in [7, 11) is 3.15. The van der Waals surface area contributed by atoms with E-state index in [4.69, 9.17) is 14.5 Å². The van der Waals surface area contributed by atoms with Crippen molar-refractivity contribution in [3.8, 4) is 0 Å². The van der Waals surface area contributed by atoms with Gasteiger partial charge in [0.05, 0.1) is 25.3 Å². The number of nitrogens with zero attached hydrogens (tertiary/aromatic N) is 5. The Morgan fingerprint density at radius 1 is 1.19 bits per heavy atom. The van der Waals surface area contributed by atoms with Gasteiger partial charge in [0, 0.05) is 32.9 Å². The van der Waals surface area contributed by atoms with E-state index in [0.717, 1.165) is 5.69 Å². The van der Waals surface area contributed by atoms with Crippen molar-refractivity contribution < 1.29 is 14.3 Å². The van der Waals surface area contributed by atoms with E-state index in [1.54, 1.807) is 26.1 Å². The maximum absolute atomic E-state index is 13.2. The second-order valence-electron chi connectivity index (χ2n) is 7.97. The third-order valence-electron chi connectivity index (χ3n) is 5.65. The lowest BCUT2D eigenvalue weighted by Crippen LogP contribution is -2.41. The lowest BCUT2D eigenvalue weighted by atomic mass is 10.1. The summed E-state index contributed by atoms with van der Waals surface area (Å²) in [5.74, 6) is 0.456. The summed E-state index contributed by atoms with van der Waals surface area (Å²) >= 11 is 0. The van der Waals surface area contributed by atoms with Crippen molar-refractivity contribution in [1.29, 1.82) is 0 Å². The fourth-order valence-electron chi connectivity index (χ4n) is 4.09. The molecule has 0 bridgehead atoms. The van der Waals surface area contributed by atoms with Gasteiger partial charge in [0.15, 0.2) is 11.2 Å². The average molecular weight is 441 g/mol. The van der Waals surface area contributed by atoms with Crippen LogP contribution in [0.25, 0.3) is 11.2 Å². The molecule has 1 atom stereocenters. The number of carbonyl (C=O) groups is 1. The molecule has 1 aliphatic heterocycles. The van der Waals surface area contributed by atoms with Crippen molar-refractivity contribution in [2.75, 3.05) is 31.8 Å². The molecule has 10 nitrogen and oxygen atoms in total. The first-order valence-corrected chi connectivity index (χ1v) is 10.6. The predicted octanol–water partition coefficient (Wildman–Crippen LogP) is 1.51. The number of rotatable bonds is 6. The van der Waals surface area contributed by atoms with Crippen LogP contribution < -0.4 is 16.1 Å². The molecule has 0 saturated heterocycles. The van der Waals surface area contributed by atoms with Crippen LogP contribution in [-0.4, -0.2) is 51.5 Å². The highest BCUT2D eigenvalue weighted by Crippen LogP contribution is 2.32. The van der Waals surface area contributed by atoms with E-state index >= 15 is 0 Å². The number of carbonyl (C=O) groups excluding carboxylic acids is 1. The highest BCUT2D eigenvalue weighted by Gasteiger charge is 2.30. The van der Waals surface area contributed by atoms with Gasteiger partial charge in [-0.3, -0.25) is 13.9 Å². The standard InChI is InChI=1S/C22H27N5O5/c1-5-32-20(29)15-6-8-16(9-7-15)26-12-14(2)13-27-17-18(23-21(26)27)24(3)22(30)25(19(17)28)10-11-31-4/h6-9,14H,5,10-13H2,1-4H3/t14-/m0/s1. The molecule has 1 aromatic carbocycles. The minimum atomic E-state index is -0.423. The smallest absolute Gasteiger partial charge is 0.338 e. The number of esters is 1. The van der Waals surface area contributed by atoms with Crippen molar-refractivity contribution in [3.05, 3.63) is 50.7 Å². The summed E-state index contributed by atoms with van der Waals surface area (Å²) in [5.41, 5.74) is 1.27. The Labute approximate surface area is 184 Å². The number of fused-ring (bicyclic) bond motifs is 3. The van der Waals surface area contributed by atoms with E-state index in [-0.39, 0.29) is 30.6 Å². The van der Waals surface area contributed by atoms with Crippen LogP contribution in [0.1, 0.15) is 24.2 Å². The molecule has 0 N–H and O–H groups in total. The molecule has 0 amide bonds. The van der Waals surface area contributed by atoms with E-state index in [1.807, 2.05) is 21.6 Å². The molecule has 32 heavy (non-hydrogen) atoms. The zero-order valence-electron chi connectivity index (χ0n) is 18.7. The van der Waals surface area contributed by atoms with Crippen molar-refractivity contribution in [1.82, 2.24) is 18.7 Å². The summed E-state index contributed by atoms with van der Waals surface area (Å²) in [5, 5.41) is 0. The number of imidazole rings is 1. The van der Waals surface area contributed by atoms with Crippen LogP contribution in [0.3, 0.4) is 0 Å². The number of hydrogen-bond acceptors (Lipinski definition) is 7. The van der Waals surface area contributed by atoms with Gasteiger partial charge in [-0.05, 0) is 37.1 Å². The topological polar surface area (TPSA) is 101 Å². The quantitative estimate of drug-likeness (QED) is 0.535. The van der Waals surface area contributed by atoms with Gasteiger partial charge in [0.2, 0.25) is 5.95 Å². The number of aryl methyl sites for hydroxylation is 1. The van der Waals surface area contributed by atoms with Crippen LogP contribution in [-0.2, 0) is 29.6 Å². The van der Waals surface area contributed by atoms with E-state index < -0.39 is 5.69 Å². The van der Waals surface area contributed by atoms with Crippen molar-refractivity contribution in [2.45, 2.75) is 26.9 Å². The first-order chi connectivity index (χ1) is 15.4. The number of aromatic nitrogens is 4. The lowest BCUT2D eigenvalue weighted by molar-refractivity contribution is 0.0526. The molecule has 170 valence electrons. The predicted molar refractivity (Wildman–Crippen MR) is 120 cm³/mol. The van der Waals surface area contributed by atoms with Crippen LogP contribution >= 0.6 is 0 Å². The van der Waals surface area contributed by atoms with E-state index in [2.05, 4.69) is 6.92 Å². The second kappa shape index (κ2) is 8.62. The highest BCUT2D eigenvalue weighted by atomic mass is 16.5. The molecule has 0 unspecified atom stereocenters. The molecule has 0 radical (unpaired) electrons. The van der Waals surface area contributed by atoms with E-state index in [0.29, 0.717) is 42.4 Å². The van der Waals surface area contributed by atoms with Crippen LogP contribution in [0, 0.1) is 5.92 Å². The summed E-state index contributed by atoms with van der Waals surface area (Å²) < 4.78 is 14.6. The Hall–Kier alpha value is -3.40.